The van der Waals surface area contributed by atoms with Gasteiger partial charge in [-0.05, 0) is 43.2 Å². The quantitative estimate of drug-likeness (QED) is 0.560. The number of benzene rings is 2. The Morgan fingerprint density at radius 1 is 1.14 bits per heavy atom. The predicted octanol–water partition coefficient (Wildman–Crippen LogP) is 3.69. The van der Waals surface area contributed by atoms with Crippen molar-refractivity contribution in [3.63, 3.8) is 0 Å². The maximum absolute atomic E-state index is 12.6. The van der Waals surface area contributed by atoms with Gasteiger partial charge in [0.2, 0.25) is 0 Å². The van der Waals surface area contributed by atoms with E-state index in [1.165, 1.54) is 0 Å². The smallest absolute Gasteiger partial charge is 0.274 e. The van der Waals surface area contributed by atoms with Crippen molar-refractivity contribution in [3.8, 4) is 17.2 Å². The van der Waals surface area contributed by atoms with E-state index in [4.69, 9.17) is 9.47 Å². The van der Waals surface area contributed by atoms with Crippen LogP contribution in [0.25, 0.3) is 5.69 Å². The van der Waals surface area contributed by atoms with Crippen molar-refractivity contribution < 1.29 is 14.3 Å². The summed E-state index contributed by atoms with van der Waals surface area (Å²) in [7, 11) is 1.61. The van der Waals surface area contributed by atoms with E-state index in [0.29, 0.717) is 30.3 Å². The fourth-order valence-corrected chi connectivity index (χ4v) is 2.87. The number of rotatable bonds is 9. The van der Waals surface area contributed by atoms with Crippen LogP contribution in [0, 0.1) is 6.92 Å². The lowest BCUT2D eigenvalue weighted by atomic mass is 10.2. The third kappa shape index (κ3) is 5.13. The summed E-state index contributed by atoms with van der Waals surface area (Å²) < 4.78 is 12.6. The fourth-order valence-electron chi connectivity index (χ4n) is 2.87. The monoisotopic (exact) mass is 394 g/mol. The Labute approximate surface area is 170 Å². The molecule has 152 valence electrons. The zero-order chi connectivity index (χ0) is 20.6. The number of hydrogen-bond acceptors (Lipinski definition) is 5. The Morgan fingerprint density at radius 3 is 2.72 bits per heavy atom. The fraction of sp³-hybridized carbons (Fsp3) is 0.318. The summed E-state index contributed by atoms with van der Waals surface area (Å²) in [5.41, 5.74) is 2.70. The highest BCUT2D eigenvalue weighted by Crippen LogP contribution is 2.18. The van der Waals surface area contributed by atoms with Gasteiger partial charge in [0.1, 0.15) is 11.5 Å². The Balaban J connectivity index is 1.66. The highest BCUT2D eigenvalue weighted by Gasteiger charge is 2.17. The van der Waals surface area contributed by atoms with E-state index in [-0.39, 0.29) is 5.91 Å². The molecule has 0 saturated carbocycles. The molecule has 2 aromatic carbocycles. The van der Waals surface area contributed by atoms with E-state index in [1.54, 1.807) is 11.8 Å². The Kier molecular flexibility index (Phi) is 6.84. The zero-order valence-electron chi connectivity index (χ0n) is 17.0. The third-order valence-electron chi connectivity index (χ3n) is 4.53. The molecular weight excluding hydrogens is 368 g/mol. The predicted molar refractivity (Wildman–Crippen MR) is 111 cm³/mol. The van der Waals surface area contributed by atoms with Crippen LogP contribution in [-0.4, -0.2) is 34.6 Å². The maximum Gasteiger partial charge on any atom is 0.274 e. The van der Waals surface area contributed by atoms with E-state index in [1.807, 2.05) is 55.5 Å². The Morgan fingerprint density at radius 2 is 1.93 bits per heavy atom. The van der Waals surface area contributed by atoms with Crippen LogP contribution in [0.1, 0.15) is 41.5 Å². The summed E-state index contributed by atoms with van der Waals surface area (Å²) in [6.07, 6.45) is 2.11. The lowest BCUT2D eigenvalue weighted by Crippen LogP contribution is -2.24. The van der Waals surface area contributed by atoms with Gasteiger partial charge in [-0.1, -0.05) is 36.8 Å². The first-order chi connectivity index (χ1) is 14.1. The first kappa shape index (κ1) is 20.4. The SMILES string of the molecule is CCCCOc1cccc(CNC(=O)c2nnn(-c3cccc(OC)c3)c2C)c1. The van der Waals surface area contributed by atoms with Crippen LogP contribution in [0.2, 0.25) is 0 Å². The molecule has 7 nitrogen and oxygen atoms in total. The summed E-state index contributed by atoms with van der Waals surface area (Å²) in [5.74, 6) is 1.25. The van der Waals surface area contributed by atoms with Gasteiger partial charge in [0, 0.05) is 12.6 Å². The number of carbonyl (C=O) groups excluding carboxylic acids is 1. The highest BCUT2D eigenvalue weighted by molar-refractivity contribution is 5.93. The van der Waals surface area contributed by atoms with Gasteiger partial charge in [-0.3, -0.25) is 4.79 Å². The Hall–Kier alpha value is -3.35. The molecule has 0 spiro atoms. The molecular formula is C22H26N4O3. The minimum absolute atomic E-state index is 0.269. The third-order valence-corrected chi connectivity index (χ3v) is 4.53. The lowest BCUT2D eigenvalue weighted by molar-refractivity contribution is 0.0945. The molecule has 1 N–H and O–H groups in total. The minimum atomic E-state index is -0.269. The number of methoxy groups -OCH3 is 1. The van der Waals surface area contributed by atoms with Gasteiger partial charge in [0.05, 0.1) is 25.1 Å². The van der Waals surface area contributed by atoms with Crippen LogP contribution in [0.5, 0.6) is 11.5 Å². The molecule has 1 amide bonds. The van der Waals surface area contributed by atoms with Crippen molar-refractivity contribution >= 4 is 5.91 Å². The molecule has 0 fully saturated rings. The van der Waals surface area contributed by atoms with E-state index < -0.39 is 0 Å². The topological polar surface area (TPSA) is 78.3 Å². The number of ether oxygens (including phenoxy) is 2. The summed E-state index contributed by atoms with van der Waals surface area (Å²) in [4.78, 5) is 12.6. The molecule has 0 saturated heterocycles. The van der Waals surface area contributed by atoms with Crippen molar-refractivity contribution in [1.82, 2.24) is 20.3 Å². The van der Waals surface area contributed by atoms with Crippen LogP contribution in [0.3, 0.4) is 0 Å². The number of amides is 1. The molecule has 0 aliphatic heterocycles. The van der Waals surface area contributed by atoms with Crippen molar-refractivity contribution in [3.05, 3.63) is 65.5 Å². The molecule has 0 unspecified atom stereocenters. The molecule has 1 heterocycles. The van der Waals surface area contributed by atoms with Gasteiger partial charge in [-0.25, -0.2) is 4.68 Å². The van der Waals surface area contributed by atoms with Gasteiger partial charge in [-0.2, -0.15) is 0 Å². The average Bonchev–Trinajstić information content (AvgIpc) is 3.14. The highest BCUT2D eigenvalue weighted by atomic mass is 16.5. The molecule has 1 aromatic heterocycles. The number of aromatic nitrogens is 3. The van der Waals surface area contributed by atoms with E-state index in [9.17, 15) is 4.79 Å². The number of hydrogen-bond donors (Lipinski definition) is 1. The second kappa shape index (κ2) is 9.73. The number of unbranched alkanes of at least 4 members (excludes halogenated alkanes) is 1. The second-order valence-electron chi connectivity index (χ2n) is 6.67. The molecule has 0 aliphatic rings. The molecule has 29 heavy (non-hydrogen) atoms. The zero-order valence-corrected chi connectivity index (χ0v) is 17.0. The first-order valence-corrected chi connectivity index (χ1v) is 9.69. The number of carbonyl (C=O) groups is 1. The van der Waals surface area contributed by atoms with E-state index in [0.717, 1.165) is 29.8 Å². The Bertz CT molecular complexity index is 968. The molecule has 7 heteroatoms. The van der Waals surface area contributed by atoms with Gasteiger partial charge in [0.25, 0.3) is 5.91 Å². The van der Waals surface area contributed by atoms with E-state index >= 15 is 0 Å². The van der Waals surface area contributed by atoms with Crippen molar-refractivity contribution in [2.45, 2.75) is 33.2 Å². The van der Waals surface area contributed by atoms with E-state index in [2.05, 4.69) is 22.6 Å². The summed E-state index contributed by atoms with van der Waals surface area (Å²) in [5, 5.41) is 11.1. The normalized spacial score (nSPS) is 10.6. The van der Waals surface area contributed by atoms with Gasteiger partial charge >= 0.3 is 0 Å². The molecule has 3 aromatic rings. The number of nitrogens with zero attached hydrogens (tertiary/aromatic N) is 3. The standard InChI is InChI=1S/C22H26N4O3/c1-4-5-12-29-20-11-6-8-17(13-20)15-23-22(27)21-16(2)26(25-24-21)18-9-7-10-19(14-18)28-3/h6-11,13-14H,4-5,12,15H2,1-3H3,(H,23,27). The molecule has 3 rings (SSSR count). The summed E-state index contributed by atoms with van der Waals surface area (Å²) in [6, 6.07) is 15.2. The van der Waals surface area contributed by atoms with Crippen LogP contribution in [0.4, 0.5) is 0 Å². The average molecular weight is 394 g/mol. The molecule has 0 radical (unpaired) electrons. The summed E-state index contributed by atoms with van der Waals surface area (Å²) in [6.45, 7) is 5.02. The van der Waals surface area contributed by atoms with Crippen LogP contribution >= 0.6 is 0 Å². The molecule has 0 bridgehead atoms. The van der Waals surface area contributed by atoms with Gasteiger partial charge < -0.3 is 14.8 Å². The van der Waals surface area contributed by atoms with Crippen molar-refractivity contribution in [2.24, 2.45) is 0 Å². The van der Waals surface area contributed by atoms with Crippen LogP contribution in [-0.2, 0) is 6.54 Å². The molecule has 0 atom stereocenters. The number of nitrogens with one attached hydrogen (secondary N) is 1. The van der Waals surface area contributed by atoms with Gasteiger partial charge in [0.15, 0.2) is 5.69 Å². The van der Waals surface area contributed by atoms with Crippen LogP contribution < -0.4 is 14.8 Å². The van der Waals surface area contributed by atoms with Crippen LogP contribution in [0.15, 0.2) is 48.5 Å². The van der Waals surface area contributed by atoms with Gasteiger partial charge in [-0.15, -0.1) is 5.10 Å². The summed E-state index contributed by atoms with van der Waals surface area (Å²) >= 11 is 0. The minimum Gasteiger partial charge on any atom is -0.497 e. The van der Waals surface area contributed by atoms with Crippen molar-refractivity contribution in [1.29, 1.82) is 0 Å². The molecule has 0 aliphatic carbocycles. The largest absolute Gasteiger partial charge is 0.497 e. The first-order valence-electron chi connectivity index (χ1n) is 9.69. The van der Waals surface area contributed by atoms with Crippen molar-refractivity contribution in [2.75, 3.05) is 13.7 Å². The lowest BCUT2D eigenvalue weighted by Gasteiger charge is -2.09. The maximum atomic E-state index is 12.6. The second-order valence-corrected chi connectivity index (χ2v) is 6.67.